The van der Waals surface area contributed by atoms with Crippen LogP contribution in [0.3, 0.4) is 0 Å². The fourth-order valence-corrected chi connectivity index (χ4v) is 4.21. The number of hydrogen-bond acceptors (Lipinski definition) is 4. The molecule has 1 unspecified atom stereocenters. The minimum atomic E-state index is -0.809. The third kappa shape index (κ3) is 3.05. The second kappa shape index (κ2) is 7.13. The van der Waals surface area contributed by atoms with Gasteiger partial charge in [-0.25, -0.2) is 0 Å². The number of hydrogen-bond donors (Lipinski definition) is 1. The molecule has 0 saturated carbocycles. The molecule has 3 aliphatic rings. The minimum absolute atomic E-state index is 0.176. The molecule has 29 heavy (non-hydrogen) atoms. The van der Waals surface area contributed by atoms with Crippen LogP contribution in [0.1, 0.15) is 26.1 Å². The molecule has 5 rings (SSSR count). The molecule has 148 valence electrons. The lowest BCUT2D eigenvalue weighted by Crippen LogP contribution is -2.39. The Balaban J connectivity index is 1.69. The van der Waals surface area contributed by atoms with Crippen molar-refractivity contribution in [2.75, 3.05) is 13.1 Å². The molecule has 0 amide bonds. The summed E-state index contributed by atoms with van der Waals surface area (Å²) >= 11 is 0. The highest BCUT2D eigenvalue weighted by molar-refractivity contribution is 5.93. The van der Waals surface area contributed by atoms with Gasteiger partial charge in [0.15, 0.2) is 6.35 Å². The zero-order chi connectivity index (χ0) is 20.0. The topological polar surface area (TPSA) is 63.3 Å². The fourth-order valence-electron chi connectivity index (χ4n) is 4.21. The molecule has 3 heterocycles. The summed E-state index contributed by atoms with van der Waals surface area (Å²) in [7, 11) is 0. The van der Waals surface area contributed by atoms with E-state index in [4.69, 9.17) is 0 Å². The van der Waals surface area contributed by atoms with E-state index >= 15 is 0 Å². The SMILES string of the molecule is CC1CCN(C(O)n2cc3c(=O)n(-c4ccccc4)nc-3c3ccccc32)CC1. The third-order valence-electron chi connectivity index (χ3n) is 5.98. The van der Waals surface area contributed by atoms with Crippen molar-refractivity contribution in [2.45, 2.75) is 26.1 Å². The van der Waals surface area contributed by atoms with Crippen molar-refractivity contribution in [3.05, 3.63) is 71.1 Å². The van der Waals surface area contributed by atoms with Crippen LogP contribution in [-0.4, -0.2) is 37.4 Å². The molecule has 0 spiro atoms. The number of para-hydroxylation sites is 2. The first kappa shape index (κ1) is 18.1. The number of likely N-dealkylation sites (tertiary alicyclic amines) is 1. The first-order valence-electron chi connectivity index (χ1n) is 10.1. The van der Waals surface area contributed by atoms with Crippen LogP contribution in [-0.2, 0) is 0 Å². The number of aliphatic hydroxyl groups is 1. The van der Waals surface area contributed by atoms with E-state index in [1.165, 1.54) is 4.68 Å². The van der Waals surface area contributed by atoms with Gasteiger partial charge in [-0.15, -0.1) is 0 Å². The van der Waals surface area contributed by atoms with E-state index in [9.17, 15) is 9.90 Å². The van der Waals surface area contributed by atoms with Crippen LogP contribution in [0, 0.1) is 5.92 Å². The third-order valence-corrected chi connectivity index (χ3v) is 5.98. The van der Waals surface area contributed by atoms with E-state index in [1.807, 2.05) is 59.2 Å². The lowest BCUT2D eigenvalue weighted by Gasteiger charge is -2.35. The van der Waals surface area contributed by atoms with Crippen LogP contribution in [0.15, 0.2) is 65.6 Å². The summed E-state index contributed by atoms with van der Waals surface area (Å²) in [4.78, 5) is 15.2. The zero-order valence-electron chi connectivity index (χ0n) is 16.4. The Morgan fingerprint density at radius 3 is 2.48 bits per heavy atom. The van der Waals surface area contributed by atoms with Gasteiger partial charge in [-0.1, -0.05) is 43.3 Å². The Hall–Kier alpha value is -2.96. The van der Waals surface area contributed by atoms with Gasteiger partial charge in [0.05, 0.1) is 16.8 Å². The van der Waals surface area contributed by atoms with Gasteiger partial charge in [0, 0.05) is 24.7 Å². The molecule has 1 N–H and O–H groups in total. The van der Waals surface area contributed by atoms with Crippen LogP contribution in [0.5, 0.6) is 0 Å². The molecule has 2 aromatic rings. The normalized spacial score (nSPS) is 17.2. The smallest absolute Gasteiger partial charge is 0.282 e. The average molecular weight is 388 g/mol. The summed E-state index contributed by atoms with van der Waals surface area (Å²) < 4.78 is 3.25. The van der Waals surface area contributed by atoms with Gasteiger partial charge in [-0.05, 0) is 37.0 Å². The Bertz CT molecular complexity index is 1170. The number of pyridine rings is 1. The second-order valence-electron chi connectivity index (χ2n) is 7.93. The van der Waals surface area contributed by atoms with E-state index in [1.54, 1.807) is 6.20 Å². The van der Waals surface area contributed by atoms with Crippen molar-refractivity contribution in [1.82, 2.24) is 19.2 Å². The molecule has 0 aromatic heterocycles. The molecule has 6 heteroatoms. The summed E-state index contributed by atoms with van der Waals surface area (Å²) in [5.74, 6) is 0.681. The number of nitrogens with zero attached hydrogens (tertiary/aromatic N) is 4. The Kier molecular flexibility index (Phi) is 4.45. The Morgan fingerprint density at radius 1 is 1.03 bits per heavy atom. The van der Waals surface area contributed by atoms with E-state index in [-0.39, 0.29) is 5.56 Å². The van der Waals surface area contributed by atoms with Crippen molar-refractivity contribution in [2.24, 2.45) is 5.92 Å². The average Bonchev–Trinajstić information content (AvgIpc) is 3.10. The van der Waals surface area contributed by atoms with Gasteiger partial charge in [0.25, 0.3) is 5.56 Å². The summed E-state index contributed by atoms with van der Waals surface area (Å²) in [6.45, 7) is 3.93. The van der Waals surface area contributed by atoms with Crippen molar-refractivity contribution in [3.8, 4) is 16.9 Å². The minimum Gasteiger partial charge on any atom is -0.360 e. The molecule has 1 fully saturated rings. The number of fused-ring (bicyclic) bond motifs is 3. The number of rotatable bonds is 3. The van der Waals surface area contributed by atoms with Gasteiger partial charge in [0.1, 0.15) is 5.69 Å². The van der Waals surface area contributed by atoms with Crippen LogP contribution in [0.4, 0.5) is 0 Å². The van der Waals surface area contributed by atoms with E-state index < -0.39 is 6.35 Å². The van der Waals surface area contributed by atoms with Crippen molar-refractivity contribution < 1.29 is 5.11 Å². The number of aromatic nitrogens is 3. The lowest BCUT2D eigenvalue weighted by molar-refractivity contribution is -0.0664. The highest BCUT2D eigenvalue weighted by Crippen LogP contribution is 2.31. The predicted octanol–water partition coefficient (Wildman–Crippen LogP) is 3.47. The molecular formula is C23H24N4O2. The highest BCUT2D eigenvalue weighted by Gasteiger charge is 2.26. The highest BCUT2D eigenvalue weighted by atomic mass is 16.3. The molecule has 0 aliphatic carbocycles. The molecule has 1 saturated heterocycles. The van der Waals surface area contributed by atoms with Gasteiger partial charge in [0.2, 0.25) is 0 Å². The van der Waals surface area contributed by atoms with E-state index in [2.05, 4.69) is 16.9 Å². The van der Waals surface area contributed by atoms with Gasteiger partial charge < -0.3 is 9.67 Å². The van der Waals surface area contributed by atoms with Crippen LogP contribution < -0.4 is 5.56 Å². The van der Waals surface area contributed by atoms with Gasteiger partial charge in [-0.3, -0.25) is 9.69 Å². The first-order valence-corrected chi connectivity index (χ1v) is 10.1. The Morgan fingerprint density at radius 2 is 1.72 bits per heavy atom. The van der Waals surface area contributed by atoms with E-state index in [0.29, 0.717) is 17.2 Å². The number of piperidine rings is 1. The molecule has 0 bridgehead atoms. The summed E-state index contributed by atoms with van der Waals surface area (Å²) in [5.41, 5.74) is 2.59. The predicted molar refractivity (Wildman–Crippen MR) is 113 cm³/mol. The molecule has 1 atom stereocenters. The Labute approximate surface area is 169 Å². The summed E-state index contributed by atoms with van der Waals surface area (Å²) in [6.07, 6.45) is 3.08. The molecule has 6 nitrogen and oxygen atoms in total. The second-order valence-corrected chi connectivity index (χ2v) is 7.93. The maximum absolute atomic E-state index is 13.2. The van der Waals surface area contributed by atoms with Crippen molar-refractivity contribution in [3.63, 3.8) is 0 Å². The van der Waals surface area contributed by atoms with Crippen LogP contribution >= 0.6 is 0 Å². The van der Waals surface area contributed by atoms with E-state index in [0.717, 1.165) is 42.5 Å². The zero-order valence-corrected chi connectivity index (χ0v) is 16.4. The maximum atomic E-state index is 13.2. The molecule has 3 aliphatic heterocycles. The fraction of sp³-hybridized carbons (Fsp3) is 0.304. The number of aliphatic hydroxyl groups excluding tert-OH is 1. The maximum Gasteiger partial charge on any atom is 0.282 e. The summed E-state index contributed by atoms with van der Waals surface area (Å²) in [6, 6.07) is 17.2. The number of benzene rings is 2. The first-order chi connectivity index (χ1) is 14.1. The van der Waals surface area contributed by atoms with Gasteiger partial charge >= 0.3 is 0 Å². The molecular weight excluding hydrogens is 364 g/mol. The largest absolute Gasteiger partial charge is 0.360 e. The van der Waals surface area contributed by atoms with Crippen molar-refractivity contribution in [1.29, 1.82) is 0 Å². The van der Waals surface area contributed by atoms with Gasteiger partial charge in [-0.2, -0.15) is 9.78 Å². The van der Waals surface area contributed by atoms with Crippen molar-refractivity contribution >= 4 is 10.9 Å². The monoisotopic (exact) mass is 388 g/mol. The van der Waals surface area contributed by atoms with Crippen LogP contribution in [0.2, 0.25) is 0 Å². The van der Waals surface area contributed by atoms with Crippen LogP contribution in [0.25, 0.3) is 27.8 Å². The lowest BCUT2D eigenvalue weighted by atomic mass is 9.99. The molecule has 2 aromatic carbocycles. The molecule has 0 radical (unpaired) electrons. The standard InChI is InChI=1S/C23H24N4O2/c1-16-11-13-25(14-12-16)23(29)26-15-19-21(18-9-5-6-10-20(18)26)24-27(22(19)28)17-7-3-2-4-8-17/h2-10,15-16,23,29H,11-14H2,1H3. The quantitative estimate of drug-likeness (QED) is 0.584. The summed E-state index contributed by atoms with van der Waals surface area (Å²) in [5, 5.41) is 16.7.